The van der Waals surface area contributed by atoms with Gasteiger partial charge in [-0.3, -0.25) is 14.9 Å². The fourth-order valence-corrected chi connectivity index (χ4v) is 3.21. The van der Waals surface area contributed by atoms with Crippen molar-refractivity contribution in [2.75, 3.05) is 7.11 Å². The topological polar surface area (TPSA) is 85.2 Å². The highest BCUT2D eigenvalue weighted by atomic mass is 32.1. The number of nitro groups is 1. The summed E-state index contributed by atoms with van der Waals surface area (Å²) in [5.74, 6) is 0.726. The molecule has 2 heterocycles. The lowest BCUT2D eigenvalue weighted by molar-refractivity contribution is -0.383. The van der Waals surface area contributed by atoms with Crippen LogP contribution in [0.5, 0.6) is 5.75 Å². The molecule has 0 saturated heterocycles. The van der Waals surface area contributed by atoms with Gasteiger partial charge < -0.3 is 9.72 Å². The number of nitrogens with one attached hydrogen (secondary N) is 1. The summed E-state index contributed by atoms with van der Waals surface area (Å²) in [4.78, 5) is 25.5. The first-order chi connectivity index (χ1) is 10.1. The van der Waals surface area contributed by atoms with Crippen LogP contribution in [0.15, 0.2) is 41.3 Å². The second kappa shape index (κ2) is 5.02. The molecule has 1 N–H and O–H groups in total. The lowest BCUT2D eigenvalue weighted by Crippen LogP contribution is -2.05. The van der Waals surface area contributed by atoms with Gasteiger partial charge in [0.15, 0.2) is 0 Å². The van der Waals surface area contributed by atoms with Crippen molar-refractivity contribution in [1.29, 1.82) is 0 Å². The molecule has 3 rings (SSSR count). The van der Waals surface area contributed by atoms with E-state index in [-0.39, 0.29) is 11.2 Å². The molecule has 0 radical (unpaired) electrons. The maximum Gasteiger partial charge on any atom is 0.303 e. The summed E-state index contributed by atoms with van der Waals surface area (Å²) in [5.41, 5.74) is 0.465. The Labute approximate surface area is 122 Å². The van der Waals surface area contributed by atoms with Gasteiger partial charge in [0.25, 0.3) is 5.56 Å². The average Bonchev–Trinajstić information content (AvgIpc) is 2.93. The Morgan fingerprint density at radius 2 is 2.00 bits per heavy atom. The zero-order valence-corrected chi connectivity index (χ0v) is 11.8. The number of rotatable bonds is 3. The molecule has 0 amide bonds. The van der Waals surface area contributed by atoms with Crippen LogP contribution in [0.1, 0.15) is 0 Å². The number of thiophene rings is 1. The molecule has 0 aliphatic carbocycles. The maximum atomic E-state index is 11.8. The smallest absolute Gasteiger partial charge is 0.303 e. The Balaban J connectivity index is 2.20. The maximum absolute atomic E-state index is 11.8. The third-order valence-electron chi connectivity index (χ3n) is 3.12. The van der Waals surface area contributed by atoms with Gasteiger partial charge in [-0.2, -0.15) is 0 Å². The molecule has 2 aromatic heterocycles. The number of ether oxygens (including phenoxy) is 1. The number of methoxy groups -OCH3 is 1. The summed E-state index contributed by atoms with van der Waals surface area (Å²) in [7, 11) is 1.58. The number of nitrogens with zero attached hydrogens (tertiary/aromatic N) is 1. The summed E-state index contributed by atoms with van der Waals surface area (Å²) in [6.45, 7) is 0. The van der Waals surface area contributed by atoms with Gasteiger partial charge in [0, 0.05) is 4.88 Å². The first-order valence-corrected chi connectivity index (χ1v) is 6.86. The van der Waals surface area contributed by atoms with E-state index in [1.165, 1.54) is 11.3 Å². The van der Waals surface area contributed by atoms with E-state index < -0.39 is 4.92 Å². The van der Waals surface area contributed by atoms with Gasteiger partial charge in [0.2, 0.25) is 0 Å². The third-order valence-corrected chi connectivity index (χ3v) is 4.33. The molecule has 3 aromatic rings. The van der Waals surface area contributed by atoms with Crippen LogP contribution in [-0.4, -0.2) is 17.0 Å². The molecular weight excluding hydrogens is 292 g/mol. The lowest BCUT2D eigenvalue weighted by atomic mass is 10.1. The van der Waals surface area contributed by atoms with Crippen molar-refractivity contribution < 1.29 is 9.66 Å². The second-order valence-corrected chi connectivity index (χ2v) is 5.39. The molecule has 0 bridgehead atoms. The van der Waals surface area contributed by atoms with Gasteiger partial charge in [0.1, 0.15) is 10.4 Å². The van der Waals surface area contributed by atoms with Gasteiger partial charge in [-0.1, -0.05) is 0 Å². The summed E-state index contributed by atoms with van der Waals surface area (Å²) in [6, 6.07) is 8.98. The minimum absolute atomic E-state index is 0.0886. The summed E-state index contributed by atoms with van der Waals surface area (Å²) in [5, 5.41) is 11.4. The van der Waals surface area contributed by atoms with E-state index in [0.717, 1.165) is 22.4 Å². The molecule has 0 saturated carbocycles. The molecule has 6 nitrogen and oxygen atoms in total. The number of aromatic nitrogens is 1. The number of aromatic amines is 1. The Hall–Kier alpha value is -2.67. The monoisotopic (exact) mass is 302 g/mol. The summed E-state index contributed by atoms with van der Waals surface area (Å²) in [6.07, 6.45) is 1.14. The number of pyridine rings is 1. The van der Waals surface area contributed by atoms with Crippen molar-refractivity contribution in [3.05, 3.63) is 57.0 Å². The van der Waals surface area contributed by atoms with E-state index in [1.54, 1.807) is 25.3 Å². The molecule has 106 valence electrons. The van der Waals surface area contributed by atoms with Crippen LogP contribution >= 0.6 is 11.3 Å². The van der Waals surface area contributed by atoms with Crippen molar-refractivity contribution in [3.63, 3.8) is 0 Å². The molecule has 7 heteroatoms. The minimum atomic E-state index is -0.493. The Bertz CT molecular complexity index is 880. The van der Waals surface area contributed by atoms with Gasteiger partial charge in [-0.05, 0) is 35.9 Å². The number of benzene rings is 1. The van der Waals surface area contributed by atoms with Crippen LogP contribution in [0.25, 0.3) is 20.5 Å². The van der Waals surface area contributed by atoms with Gasteiger partial charge in [-0.25, -0.2) is 0 Å². The Morgan fingerprint density at radius 1 is 1.29 bits per heavy atom. The quantitative estimate of drug-likeness (QED) is 0.595. The van der Waals surface area contributed by atoms with E-state index in [0.29, 0.717) is 10.1 Å². The van der Waals surface area contributed by atoms with Gasteiger partial charge in [-0.15, -0.1) is 11.3 Å². The Kier molecular flexibility index (Phi) is 3.19. The lowest BCUT2D eigenvalue weighted by Gasteiger charge is -2.00. The molecule has 0 aliphatic heterocycles. The van der Waals surface area contributed by atoms with Crippen LogP contribution in [0.3, 0.4) is 0 Å². The number of hydrogen-bond donors (Lipinski definition) is 1. The molecule has 0 fully saturated rings. The van der Waals surface area contributed by atoms with E-state index in [9.17, 15) is 14.9 Å². The zero-order chi connectivity index (χ0) is 15.0. The number of fused-ring (bicyclic) bond motifs is 1. The van der Waals surface area contributed by atoms with E-state index in [2.05, 4.69) is 4.98 Å². The normalized spacial score (nSPS) is 10.7. The van der Waals surface area contributed by atoms with E-state index in [4.69, 9.17) is 4.74 Å². The second-order valence-electron chi connectivity index (χ2n) is 4.34. The van der Waals surface area contributed by atoms with Crippen LogP contribution < -0.4 is 10.3 Å². The highest BCUT2D eigenvalue weighted by Gasteiger charge is 2.18. The number of hydrogen-bond acceptors (Lipinski definition) is 5. The largest absolute Gasteiger partial charge is 0.497 e. The number of H-pyrrole nitrogens is 1. The van der Waals surface area contributed by atoms with Crippen molar-refractivity contribution in [2.24, 2.45) is 0 Å². The van der Waals surface area contributed by atoms with Crippen LogP contribution in [-0.2, 0) is 0 Å². The highest BCUT2D eigenvalue weighted by molar-refractivity contribution is 7.22. The fourth-order valence-electron chi connectivity index (χ4n) is 2.06. The predicted octanol–water partition coefficient (Wildman–Crippen LogP) is 3.17. The molecule has 21 heavy (non-hydrogen) atoms. The summed E-state index contributed by atoms with van der Waals surface area (Å²) >= 11 is 1.23. The van der Waals surface area contributed by atoms with Crippen molar-refractivity contribution in [2.45, 2.75) is 0 Å². The molecule has 0 aliphatic rings. The molecule has 0 atom stereocenters. The highest BCUT2D eigenvalue weighted by Crippen LogP contribution is 2.36. The van der Waals surface area contributed by atoms with Crippen molar-refractivity contribution in [3.8, 4) is 16.2 Å². The molecule has 0 spiro atoms. The average molecular weight is 302 g/mol. The molecular formula is C14H10N2O4S. The van der Waals surface area contributed by atoms with E-state index in [1.807, 2.05) is 12.1 Å². The fraction of sp³-hybridized carbons (Fsp3) is 0.0714. The van der Waals surface area contributed by atoms with Gasteiger partial charge in [0.05, 0.1) is 23.6 Å². The molecule has 1 aromatic carbocycles. The van der Waals surface area contributed by atoms with Crippen molar-refractivity contribution >= 4 is 27.1 Å². The first-order valence-electron chi connectivity index (χ1n) is 6.04. The van der Waals surface area contributed by atoms with Crippen molar-refractivity contribution in [1.82, 2.24) is 4.98 Å². The van der Waals surface area contributed by atoms with Crippen LogP contribution in [0, 0.1) is 10.1 Å². The SMILES string of the molecule is COc1ccc(-c2cc3c(=O)[nH]cc([N+](=O)[O-])c3s2)cc1. The van der Waals surface area contributed by atoms with Crippen LogP contribution in [0.2, 0.25) is 0 Å². The standard InChI is InChI=1S/C14H10N2O4S/c1-20-9-4-2-8(3-5-9)12-6-10-13(21-12)11(16(18)19)7-15-14(10)17/h2-7H,1H3,(H,15,17). The summed E-state index contributed by atoms with van der Waals surface area (Å²) < 4.78 is 5.48. The third kappa shape index (κ3) is 2.27. The van der Waals surface area contributed by atoms with E-state index >= 15 is 0 Å². The van der Waals surface area contributed by atoms with Gasteiger partial charge >= 0.3 is 5.69 Å². The zero-order valence-electron chi connectivity index (χ0n) is 11.0. The minimum Gasteiger partial charge on any atom is -0.497 e. The Morgan fingerprint density at radius 3 is 2.62 bits per heavy atom. The predicted molar refractivity (Wildman–Crippen MR) is 81.1 cm³/mol. The first kappa shape index (κ1) is 13.3. The molecule has 0 unspecified atom stereocenters. The van der Waals surface area contributed by atoms with Crippen LogP contribution in [0.4, 0.5) is 5.69 Å².